The topological polar surface area (TPSA) is 24.5 Å². The number of nitrogens with one attached hydrogen (secondary N) is 1. The van der Waals surface area contributed by atoms with Gasteiger partial charge in [0.25, 0.3) is 0 Å². The molecule has 2 rings (SSSR count). The Bertz CT molecular complexity index is 375. The number of rotatable bonds is 6. The zero-order valence-electron chi connectivity index (χ0n) is 12.2. The van der Waals surface area contributed by atoms with E-state index >= 15 is 0 Å². The van der Waals surface area contributed by atoms with Gasteiger partial charge >= 0.3 is 0 Å². The smallest absolute Gasteiger partial charge is 0.119 e. The molecule has 0 unspecified atom stereocenters. The highest BCUT2D eigenvalue weighted by Crippen LogP contribution is 2.17. The zero-order chi connectivity index (χ0) is 13.5. The van der Waals surface area contributed by atoms with Crippen LogP contribution >= 0.6 is 0 Å². The van der Waals surface area contributed by atoms with Crippen molar-refractivity contribution in [1.29, 1.82) is 0 Å². The van der Waals surface area contributed by atoms with Gasteiger partial charge in [-0.1, -0.05) is 12.1 Å². The lowest BCUT2D eigenvalue weighted by atomic mass is 9.97. The first-order valence-corrected chi connectivity index (χ1v) is 7.39. The van der Waals surface area contributed by atoms with Gasteiger partial charge in [-0.25, -0.2) is 0 Å². The molecule has 0 saturated carbocycles. The summed E-state index contributed by atoms with van der Waals surface area (Å²) in [6.45, 7) is 7.31. The molecule has 0 atom stereocenters. The number of piperidine rings is 1. The minimum atomic E-state index is 0.731. The molecule has 3 nitrogen and oxygen atoms in total. The Labute approximate surface area is 116 Å². The van der Waals surface area contributed by atoms with E-state index in [1.165, 1.54) is 38.0 Å². The summed E-state index contributed by atoms with van der Waals surface area (Å²) in [6.07, 6.45) is 2.62. The van der Waals surface area contributed by atoms with E-state index in [4.69, 9.17) is 4.74 Å². The van der Waals surface area contributed by atoms with Crippen molar-refractivity contribution in [3.63, 3.8) is 0 Å². The molecule has 0 aliphatic carbocycles. The van der Waals surface area contributed by atoms with Crippen molar-refractivity contribution in [2.75, 3.05) is 33.3 Å². The maximum Gasteiger partial charge on any atom is 0.119 e. The summed E-state index contributed by atoms with van der Waals surface area (Å²) in [5.41, 5.74) is 1.34. The van der Waals surface area contributed by atoms with Gasteiger partial charge in [0.2, 0.25) is 0 Å². The third kappa shape index (κ3) is 4.84. The molecular formula is C16H26N2O. The van der Waals surface area contributed by atoms with Crippen molar-refractivity contribution >= 4 is 0 Å². The summed E-state index contributed by atoms with van der Waals surface area (Å²) in [4.78, 5) is 2.43. The average Bonchev–Trinajstić information content (AvgIpc) is 2.40. The van der Waals surface area contributed by atoms with Crippen LogP contribution < -0.4 is 10.1 Å². The Morgan fingerprint density at radius 3 is 2.84 bits per heavy atom. The van der Waals surface area contributed by atoms with Gasteiger partial charge in [-0.15, -0.1) is 0 Å². The monoisotopic (exact) mass is 262 g/mol. The number of nitrogens with zero attached hydrogens (tertiary/aromatic N) is 1. The summed E-state index contributed by atoms with van der Waals surface area (Å²) in [5, 5.41) is 3.42. The molecule has 1 N–H and O–H groups in total. The fourth-order valence-electron chi connectivity index (χ4n) is 2.78. The molecule has 0 spiro atoms. The summed E-state index contributed by atoms with van der Waals surface area (Å²) in [5.74, 6) is 1.83. The molecule has 3 heteroatoms. The van der Waals surface area contributed by atoms with E-state index in [1.807, 2.05) is 13.0 Å². The molecule has 0 radical (unpaired) electrons. The van der Waals surface area contributed by atoms with Crippen molar-refractivity contribution in [3.8, 4) is 5.75 Å². The third-order valence-corrected chi connectivity index (χ3v) is 3.69. The van der Waals surface area contributed by atoms with E-state index in [2.05, 4.69) is 35.5 Å². The predicted molar refractivity (Wildman–Crippen MR) is 79.5 cm³/mol. The van der Waals surface area contributed by atoms with Crippen LogP contribution in [0.3, 0.4) is 0 Å². The van der Waals surface area contributed by atoms with Gasteiger partial charge in [-0.3, -0.25) is 0 Å². The summed E-state index contributed by atoms with van der Waals surface area (Å²) in [7, 11) is 2.22. The molecule has 1 aliphatic rings. The molecule has 1 aliphatic heterocycles. The Kier molecular flexibility index (Phi) is 5.67. The molecule has 0 amide bonds. The van der Waals surface area contributed by atoms with Gasteiger partial charge in [0.15, 0.2) is 0 Å². The Morgan fingerprint density at radius 1 is 1.32 bits per heavy atom. The first-order chi connectivity index (χ1) is 9.28. The van der Waals surface area contributed by atoms with Crippen LogP contribution in [0.25, 0.3) is 0 Å². The van der Waals surface area contributed by atoms with Crippen LogP contribution in [0.5, 0.6) is 5.75 Å². The quantitative estimate of drug-likeness (QED) is 0.852. The number of hydrogen-bond acceptors (Lipinski definition) is 3. The van der Waals surface area contributed by atoms with Crippen molar-refractivity contribution in [1.82, 2.24) is 10.2 Å². The van der Waals surface area contributed by atoms with E-state index < -0.39 is 0 Å². The third-order valence-electron chi connectivity index (χ3n) is 3.69. The second kappa shape index (κ2) is 7.51. The Morgan fingerprint density at radius 2 is 2.11 bits per heavy atom. The molecule has 19 heavy (non-hydrogen) atoms. The lowest BCUT2D eigenvalue weighted by Crippen LogP contribution is -2.34. The largest absolute Gasteiger partial charge is 0.494 e. The molecule has 1 aromatic carbocycles. The fraction of sp³-hybridized carbons (Fsp3) is 0.625. The van der Waals surface area contributed by atoms with Crippen LogP contribution in [0.1, 0.15) is 25.3 Å². The minimum absolute atomic E-state index is 0.731. The molecule has 0 bridgehead atoms. The van der Waals surface area contributed by atoms with Gasteiger partial charge in [0.05, 0.1) is 6.61 Å². The van der Waals surface area contributed by atoms with Crippen molar-refractivity contribution in [3.05, 3.63) is 29.8 Å². The molecule has 1 heterocycles. The van der Waals surface area contributed by atoms with Gasteiger partial charge in [-0.05, 0) is 63.5 Å². The van der Waals surface area contributed by atoms with E-state index in [-0.39, 0.29) is 0 Å². The van der Waals surface area contributed by atoms with Crippen LogP contribution in [-0.4, -0.2) is 38.2 Å². The molecule has 1 aromatic rings. The first-order valence-electron chi connectivity index (χ1n) is 7.39. The fourth-order valence-corrected chi connectivity index (χ4v) is 2.78. The van der Waals surface area contributed by atoms with Crippen LogP contribution in [-0.2, 0) is 6.54 Å². The van der Waals surface area contributed by atoms with E-state index in [1.54, 1.807) is 0 Å². The first kappa shape index (κ1) is 14.4. The molecule has 106 valence electrons. The molecule has 0 aromatic heterocycles. The van der Waals surface area contributed by atoms with Crippen LogP contribution in [0.2, 0.25) is 0 Å². The van der Waals surface area contributed by atoms with E-state index in [0.29, 0.717) is 0 Å². The lowest BCUT2D eigenvalue weighted by Gasteiger charge is -2.27. The highest BCUT2D eigenvalue weighted by Gasteiger charge is 2.15. The number of benzene rings is 1. The average molecular weight is 262 g/mol. The van der Waals surface area contributed by atoms with Crippen LogP contribution in [0.15, 0.2) is 24.3 Å². The standard InChI is InChI=1S/C16H26N2O/c1-3-19-16-6-4-5-15(11-16)13-18(2)12-14-7-9-17-10-8-14/h4-6,11,14,17H,3,7-10,12-13H2,1-2H3. The normalized spacial score (nSPS) is 16.8. The van der Waals surface area contributed by atoms with E-state index in [0.717, 1.165) is 24.8 Å². The minimum Gasteiger partial charge on any atom is -0.494 e. The van der Waals surface area contributed by atoms with Gasteiger partial charge in [-0.2, -0.15) is 0 Å². The maximum absolute atomic E-state index is 5.55. The maximum atomic E-state index is 5.55. The summed E-state index contributed by atoms with van der Waals surface area (Å²) >= 11 is 0. The summed E-state index contributed by atoms with van der Waals surface area (Å²) in [6, 6.07) is 8.45. The van der Waals surface area contributed by atoms with Crippen molar-refractivity contribution in [2.24, 2.45) is 5.92 Å². The van der Waals surface area contributed by atoms with Crippen LogP contribution in [0, 0.1) is 5.92 Å². The van der Waals surface area contributed by atoms with Crippen molar-refractivity contribution < 1.29 is 4.74 Å². The van der Waals surface area contributed by atoms with E-state index in [9.17, 15) is 0 Å². The Hall–Kier alpha value is -1.06. The van der Waals surface area contributed by atoms with Gasteiger partial charge < -0.3 is 15.0 Å². The lowest BCUT2D eigenvalue weighted by molar-refractivity contribution is 0.234. The second-order valence-corrected chi connectivity index (χ2v) is 5.47. The predicted octanol–water partition coefficient (Wildman–Crippen LogP) is 2.52. The number of hydrogen-bond donors (Lipinski definition) is 1. The Balaban J connectivity index is 1.83. The zero-order valence-corrected chi connectivity index (χ0v) is 12.2. The molecular weight excluding hydrogens is 236 g/mol. The van der Waals surface area contributed by atoms with Crippen molar-refractivity contribution in [2.45, 2.75) is 26.3 Å². The highest BCUT2D eigenvalue weighted by molar-refractivity contribution is 5.28. The number of ether oxygens (including phenoxy) is 1. The SMILES string of the molecule is CCOc1cccc(CN(C)CC2CCNCC2)c1. The van der Waals surface area contributed by atoms with Gasteiger partial charge in [0.1, 0.15) is 5.75 Å². The van der Waals surface area contributed by atoms with Gasteiger partial charge in [0, 0.05) is 13.1 Å². The highest BCUT2D eigenvalue weighted by atomic mass is 16.5. The second-order valence-electron chi connectivity index (χ2n) is 5.47. The summed E-state index contributed by atoms with van der Waals surface area (Å²) < 4.78 is 5.55. The molecule has 1 saturated heterocycles. The van der Waals surface area contributed by atoms with Crippen LogP contribution in [0.4, 0.5) is 0 Å². The molecule has 1 fully saturated rings.